The molecule has 3 atom stereocenters. The van der Waals surface area contributed by atoms with Crippen molar-refractivity contribution in [2.45, 2.75) is 65.1 Å². The fraction of sp³-hybridized carbons (Fsp3) is 0.423. The molecule has 2 aromatic heterocycles. The average Bonchev–Trinajstić information content (AvgIpc) is 3.17. The minimum atomic E-state index is -0.549. The summed E-state index contributed by atoms with van der Waals surface area (Å²) in [6.45, 7) is 9.55. The molecule has 0 aliphatic heterocycles. The zero-order valence-electron chi connectivity index (χ0n) is 20.8. The Balaban J connectivity index is 1.64. The predicted molar refractivity (Wildman–Crippen MR) is 140 cm³/mol. The summed E-state index contributed by atoms with van der Waals surface area (Å²) in [4.78, 5) is 21.6. The molecular weight excluding hydrogens is 499 g/mol. The number of nitriles is 1. The van der Waals surface area contributed by atoms with Crippen LogP contribution in [0.2, 0.25) is 10.0 Å². The number of nitrogens with one attached hydrogen (secondary N) is 1. The topological polar surface area (TPSA) is 106 Å². The minimum absolute atomic E-state index is 0.0388. The normalized spacial score (nSPS) is 18.9. The number of hydrogen-bond acceptors (Lipinski definition) is 6. The van der Waals surface area contributed by atoms with E-state index >= 15 is 0 Å². The maximum absolute atomic E-state index is 12.2. The maximum atomic E-state index is 12.2. The molecule has 10 heteroatoms. The van der Waals surface area contributed by atoms with Crippen molar-refractivity contribution in [3.05, 3.63) is 57.5 Å². The van der Waals surface area contributed by atoms with Crippen LogP contribution in [0, 0.1) is 17.2 Å². The summed E-state index contributed by atoms with van der Waals surface area (Å²) < 4.78 is 7.08. The molecule has 0 bridgehead atoms. The van der Waals surface area contributed by atoms with Crippen molar-refractivity contribution in [2.75, 3.05) is 0 Å². The molecule has 0 unspecified atom stereocenters. The Hall–Kier alpha value is -3.15. The number of benzene rings is 1. The first-order valence-corrected chi connectivity index (χ1v) is 12.5. The second-order valence-electron chi connectivity index (χ2n) is 10.1. The summed E-state index contributed by atoms with van der Waals surface area (Å²) in [5, 5.41) is 18.1. The summed E-state index contributed by atoms with van der Waals surface area (Å²) in [7, 11) is 0. The first-order chi connectivity index (χ1) is 17.0. The fourth-order valence-electron chi connectivity index (χ4n) is 4.32. The summed E-state index contributed by atoms with van der Waals surface area (Å²) in [5.41, 5.74) is 3.15. The first-order valence-electron chi connectivity index (χ1n) is 11.8. The van der Waals surface area contributed by atoms with Crippen molar-refractivity contribution in [1.82, 2.24) is 25.1 Å². The van der Waals surface area contributed by atoms with E-state index in [1.165, 1.54) is 0 Å². The van der Waals surface area contributed by atoms with E-state index in [0.717, 1.165) is 11.1 Å². The molecule has 0 radical (unpaired) electrons. The van der Waals surface area contributed by atoms with Crippen molar-refractivity contribution < 1.29 is 9.53 Å². The van der Waals surface area contributed by atoms with E-state index in [9.17, 15) is 10.1 Å². The van der Waals surface area contributed by atoms with Crippen molar-refractivity contribution >= 4 is 46.0 Å². The number of amides is 1. The molecule has 8 nitrogen and oxygen atoms in total. The van der Waals surface area contributed by atoms with Gasteiger partial charge in [0.2, 0.25) is 0 Å². The third-order valence-corrected chi connectivity index (χ3v) is 6.73. The zero-order chi connectivity index (χ0) is 26.2. The zero-order valence-corrected chi connectivity index (χ0v) is 22.4. The van der Waals surface area contributed by atoms with Gasteiger partial charge in [0.25, 0.3) is 0 Å². The molecule has 1 aliphatic carbocycles. The molecule has 3 aromatic rings. The lowest BCUT2D eigenvalue weighted by Gasteiger charge is -2.30. The fourth-order valence-corrected chi connectivity index (χ4v) is 4.89. The van der Waals surface area contributed by atoms with Crippen LogP contribution in [0.25, 0.3) is 16.7 Å². The number of rotatable bonds is 4. The molecule has 0 fully saturated rings. The second-order valence-corrected chi connectivity index (χ2v) is 10.9. The Labute approximate surface area is 220 Å². The van der Waals surface area contributed by atoms with Gasteiger partial charge in [0.1, 0.15) is 17.2 Å². The van der Waals surface area contributed by atoms with E-state index in [4.69, 9.17) is 32.9 Å². The largest absolute Gasteiger partial charge is 0.444 e. The number of carbonyl (C=O) groups excluding carboxylic acids is 1. The molecule has 0 spiro atoms. The van der Waals surface area contributed by atoms with Gasteiger partial charge in [0, 0.05) is 16.1 Å². The maximum Gasteiger partial charge on any atom is 0.407 e. The number of hydrogen-bond donors (Lipinski definition) is 1. The number of allylic oxidation sites excluding steroid dienone is 1. The van der Waals surface area contributed by atoms with Crippen LogP contribution in [0.4, 0.5) is 4.79 Å². The highest BCUT2D eigenvalue weighted by Gasteiger charge is 2.28. The molecule has 0 saturated heterocycles. The Morgan fingerprint density at radius 1 is 1.33 bits per heavy atom. The average molecular weight is 527 g/mol. The molecule has 2 heterocycles. The molecule has 1 N–H and O–H groups in total. The SMILES string of the molecule is C[C@@H]1CC(c2cnc3c(C#N)nn([C@H](C)c4ccc(Cl)cc4Cl)c3n2)=CC[C@@H]1NC(=O)OC(C)(C)C. The van der Waals surface area contributed by atoms with Gasteiger partial charge < -0.3 is 10.1 Å². The van der Waals surface area contributed by atoms with Gasteiger partial charge in [0.05, 0.1) is 17.9 Å². The highest BCUT2D eigenvalue weighted by Crippen LogP contribution is 2.33. The molecular formula is C26H28Cl2N6O2. The molecule has 4 rings (SSSR count). The summed E-state index contributed by atoms with van der Waals surface area (Å²) in [5.74, 6) is 0.168. The monoisotopic (exact) mass is 526 g/mol. The summed E-state index contributed by atoms with van der Waals surface area (Å²) >= 11 is 12.5. The van der Waals surface area contributed by atoms with Crippen LogP contribution >= 0.6 is 23.2 Å². The van der Waals surface area contributed by atoms with E-state index in [2.05, 4.69) is 34.5 Å². The third-order valence-electron chi connectivity index (χ3n) is 6.17. The van der Waals surface area contributed by atoms with E-state index < -0.39 is 11.7 Å². The van der Waals surface area contributed by atoms with Crippen molar-refractivity contribution in [2.24, 2.45) is 5.92 Å². The number of nitrogens with zero attached hydrogens (tertiary/aromatic N) is 5. The van der Waals surface area contributed by atoms with Gasteiger partial charge in [-0.1, -0.05) is 42.3 Å². The molecule has 1 amide bonds. The lowest BCUT2D eigenvalue weighted by atomic mass is 9.85. The van der Waals surface area contributed by atoms with Gasteiger partial charge in [-0.05, 0) is 69.7 Å². The molecule has 36 heavy (non-hydrogen) atoms. The van der Waals surface area contributed by atoms with Gasteiger partial charge in [-0.15, -0.1) is 0 Å². The number of aromatic nitrogens is 4. The Bertz CT molecular complexity index is 1390. The molecule has 0 saturated carbocycles. The number of halogens is 2. The van der Waals surface area contributed by atoms with E-state index in [1.807, 2.05) is 33.8 Å². The van der Waals surface area contributed by atoms with Crippen LogP contribution in [-0.4, -0.2) is 37.5 Å². The third kappa shape index (κ3) is 5.48. The highest BCUT2D eigenvalue weighted by molar-refractivity contribution is 6.35. The van der Waals surface area contributed by atoms with Crippen LogP contribution in [0.15, 0.2) is 30.5 Å². The van der Waals surface area contributed by atoms with Crippen molar-refractivity contribution in [3.8, 4) is 6.07 Å². The summed E-state index contributed by atoms with van der Waals surface area (Å²) in [6, 6.07) is 7.06. The molecule has 1 aliphatic rings. The number of fused-ring (bicyclic) bond motifs is 1. The van der Waals surface area contributed by atoms with Gasteiger partial charge in [-0.2, -0.15) is 10.4 Å². The van der Waals surface area contributed by atoms with Crippen molar-refractivity contribution in [1.29, 1.82) is 5.26 Å². The van der Waals surface area contributed by atoms with Crippen LogP contribution in [0.3, 0.4) is 0 Å². The van der Waals surface area contributed by atoms with Crippen LogP contribution in [0.5, 0.6) is 0 Å². The number of ether oxygens (including phenoxy) is 1. The molecule has 1 aromatic carbocycles. The van der Waals surface area contributed by atoms with Crippen LogP contribution in [-0.2, 0) is 4.74 Å². The van der Waals surface area contributed by atoms with E-state index in [-0.39, 0.29) is 23.7 Å². The van der Waals surface area contributed by atoms with E-state index in [1.54, 1.807) is 23.0 Å². The molecule has 188 valence electrons. The summed E-state index contributed by atoms with van der Waals surface area (Å²) in [6.07, 6.45) is 4.69. The van der Waals surface area contributed by atoms with Crippen LogP contribution in [0.1, 0.15) is 70.5 Å². The van der Waals surface area contributed by atoms with Gasteiger partial charge in [-0.3, -0.25) is 0 Å². The highest BCUT2D eigenvalue weighted by atomic mass is 35.5. The first kappa shape index (κ1) is 25.9. The Morgan fingerprint density at radius 2 is 2.08 bits per heavy atom. The Kier molecular flexibility index (Phi) is 7.26. The standard InChI is InChI=1S/C26H28Cl2N6O2/c1-14-10-16(6-9-20(14)32-25(35)36-26(3,4)5)22-13-30-23-21(12-29)33-34(24(23)31-22)15(2)18-8-7-17(27)11-19(18)28/h6-8,11,13-15,20H,9-10H2,1-5H3,(H,32,35)/t14-,15-,20+/m1/s1. The number of alkyl carbamates (subject to hydrolysis) is 1. The smallest absolute Gasteiger partial charge is 0.407 e. The van der Waals surface area contributed by atoms with Crippen molar-refractivity contribution in [3.63, 3.8) is 0 Å². The Morgan fingerprint density at radius 3 is 2.72 bits per heavy atom. The minimum Gasteiger partial charge on any atom is -0.444 e. The lowest BCUT2D eigenvalue weighted by Crippen LogP contribution is -2.43. The number of carbonyl (C=O) groups is 1. The second kappa shape index (κ2) is 10.1. The van der Waals surface area contributed by atoms with E-state index in [0.29, 0.717) is 39.7 Å². The predicted octanol–water partition coefficient (Wildman–Crippen LogP) is 6.32. The quantitative estimate of drug-likeness (QED) is 0.426. The van der Waals surface area contributed by atoms with Crippen LogP contribution < -0.4 is 5.32 Å². The van der Waals surface area contributed by atoms with Gasteiger partial charge in [-0.25, -0.2) is 19.4 Å². The van der Waals surface area contributed by atoms with Gasteiger partial charge >= 0.3 is 6.09 Å². The van der Waals surface area contributed by atoms with Gasteiger partial charge in [0.15, 0.2) is 11.3 Å². The lowest BCUT2D eigenvalue weighted by molar-refractivity contribution is 0.0488.